The second-order valence-corrected chi connectivity index (χ2v) is 7.34. The maximum absolute atomic E-state index is 15.0. The Labute approximate surface area is 157 Å². The molecule has 4 aromatic rings. The number of piperidine rings is 1. The molecule has 1 aromatic carbocycles. The predicted octanol–water partition coefficient (Wildman–Crippen LogP) is 5.22. The Bertz CT molecular complexity index is 1140. The lowest BCUT2D eigenvalue weighted by Crippen LogP contribution is -2.29. The van der Waals surface area contributed by atoms with E-state index in [1.165, 1.54) is 19.3 Å². The SMILES string of the molecule is Cc1cnc2[nH]cc(-c3cc(F)c4nccc(N5CCCCC5)c4c3)c2c1. The van der Waals surface area contributed by atoms with Gasteiger partial charge in [-0.3, -0.25) is 4.98 Å². The largest absolute Gasteiger partial charge is 0.371 e. The van der Waals surface area contributed by atoms with Crippen molar-refractivity contribution in [2.75, 3.05) is 18.0 Å². The molecule has 0 atom stereocenters. The number of aromatic nitrogens is 3. The van der Waals surface area contributed by atoms with E-state index in [1.54, 1.807) is 12.3 Å². The molecule has 1 fully saturated rings. The van der Waals surface area contributed by atoms with E-state index in [4.69, 9.17) is 0 Å². The molecule has 5 rings (SSSR count). The summed E-state index contributed by atoms with van der Waals surface area (Å²) < 4.78 is 15.0. The van der Waals surface area contributed by atoms with Crippen molar-refractivity contribution in [1.29, 1.82) is 0 Å². The van der Waals surface area contributed by atoms with Crippen LogP contribution in [-0.4, -0.2) is 28.0 Å². The van der Waals surface area contributed by atoms with Gasteiger partial charge in [-0.1, -0.05) is 0 Å². The fourth-order valence-electron chi connectivity index (χ4n) is 4.11. The van der Waals surface area contributed by atoms with Crippen LogP contribution in [0.1, 0.15) is 24.8 Å². The van der Waals surface area contributed by atoms with Gasteiger partial charge in [-0.05, 0) is 61.6 Å². The van der Waals surface area contributed by atoms with Crippen LogP contribution in [0.3, 0.4) is 0 Å². The number of rotatable bonds is 2. The third-order valence-corrected chi connectivity index (χ3v) is 5.45. The summed E-state index contributed by atoms with van der Waals surface area (Å²) in [7, 11) is 0. The average molecular weight is 360 g/mol. The van der Waals surface area contributed by atoms with Crippen molar-refractivity contribution < 1.29 is 4.39 Å². The third kappa shape index (κ3) is 2.74. The molecule has 0 unspecified atom stereocenters. The number of anilines is 1. The second-order valence-electron chi connectivity index (χ2n) is 7.34. The monoisotopic (exact) mass is 360 g/mol. The Morgan fingerprint density at radius 1 is 1.04 bits per heavy atom. The van der Waals surface area contributed by atoms with Gasteiger partial charge >= 0.3 is 0 Å². The molecular weight excluding hydrogens is 339 g/mol. The van der Waals surface area contributed by atoms with Crippen molar-refractivity contribution in [1.82, 2.24) is 15.0 Å². The molecule has 1 aliphatic heterocycles. The first-order valence-electron chi connectivity index (χ1n) is 9.48. The summed E-state index contributed by atoms with van der Waals surface area (Å²) >= 11 is 0. The number of H-pyrrole nitrogens is 1. The van der Waals surface area contributed by atoms with Gasteiger partial charge in [0.15, 0.2) is 0 Å². The van der Waals surface area contributed by atoms with E-state index >= 15 is 0 Å². The fourth-order valence-corrected chi connectivity index (χ4v) is 4.11. The zero-order chi connectivity index (χ0) is 18.4. The van der Waals surface area contributed by atoms with E-state index in [9.17, 15) is 4.39 Å². The highest BCUT2D eigenvalue weighted by Crippen LogP contribution is 2.35. The van der Waals surface area contributed by atoms with Crippen molar-refractivity contribution in [2.24, 2.45) is 0 Å². The molecule has 0 aliphatic carbocycles. The van der Waals surface area contributed by atoms with E-state index < -0.39 is 0 Å². The zero-order valence-electron chi connectivity index (χ0n) is 15.3. The molecule has 136 valence electrons. The summed E-state index contributed by atoms with van der Waals surface area (Å²) in [5.74, 6) is -0.281. The Morgan fingerprint density at radius 3 is 2.74 bits per heavy atom. The third-order valence-electron chi connectivity index (χ3n) is 5.45. The zero-order valence-corrected chi connectivity index (χ0v) is 15.3. The number of nitrogens with zero attached hydrogens (tertiary/aromatic N) is 3. The molecular formula is C22H21FN4. The van der Waals surface area contributed by atoms with Crippen LogP contribution in [0.15, 0.2) is 42.9 Å². The smallest absolute Gasteiger partial charge is 0.150 e. The van der Waals surface area contributed by atoms with E-state index in [2.05, 4.69) is 32.0 Å². The molecule has 4 nitrogen and oxygen atoms in total. The predicted molar refractivity (Wildman–Crippen MR) is 108 cm³/mol. The topological polar surface area (TPSA) is 44.8 Å². The van der Waals surface area contributed by atoms with Crippen LogP contribution in [0.25, 0.3) is 33.1 Å². The number of aromatic amines is 1. The van der Waals surface area contributed by atoms with Gasteiger partial charge in [0.25, 0.3) is 0 Å². The fraction of sp³-hybridized carbons (Fsp3) is 0.273. The summed E-state index contributed by atoms with van der Waals surface area (Å²) in [5, 5.41) is 1.89. The molecule has 0 amide bonds. The minimum absolute atomic E-state index is 0.281. The number of nitrogens with one attached hydrogen (secondary N) is 1. The highest BCUT2D eigenvalue weighted by Gasteiger charge is 2.17. The van der Waals surface area contributed by atoms with Crippen molar-refractivity contribution in [3.05, 3.63) is 54.2 Å². The van der Waals surface area contributed by atoms with Crippen LogP contribution in [0.4, 0.5) is 10.1 Å². The molecule has 1 aliphatic rings. The highest BCUT2D eigenvalue weighted by atomic mass is 19.1. The summed E-state index contributed by atoms with van der Waals surface area (Å²) in [4.78, 5) is 14.3. The molecule has 5 heteroatoms. The number of halogens is 1. The average Bonchev–Trinajstić information content (AvgIpc) is 3.11. The number of aryl methyl sites for hydroxylation is 1. The minimum Gasteiger partial charge on any atom is -0.371 e. The summed E-state index contributed by atoms with van der Waals surface area (Å²) in [6.07, 6.45) is 9.09. The molecule has 0 radical (unpaired) electrons. The quantitative estimate of drug-likeness (QED) is 0.533. The maximum atomic E-state index is 15.0. The van der Waals surface area contributed by atoms with E-state index in [0.29, 0.717) is 5.52 Å². The standard InChI is InChI=1S/C22H21FN4/c1-14-9-16-18(13-26-22(16)25-12-14)15-10-17-20(27-7-3-2-4-8-27)5-6-24-21(17)19(23)11-15/h5-6,9-13H,2-4,7-8H2,1H3,(H,25,26). The van der Waals surface area contributed by atoms with Gasteiger partial charge in [0, 0.05) is 53.7 Å². The lowest BCUT2D eigenvalue weighted by molar-refractivity contribution is 0.578. The molecule has 0 saturated carbocycles. The Hall–Kier alpha value is -2.95. The van der Waals surface area contributed by atoms with Crippen LogP contribution in [0, 0.1) is 12.7 Å². The van der Waals surface area contributed by atoms with Gasteiger partial charge in [-0.25, -0.2) is 9.37 Å². The van der Waals surface area contributed by atoms with Crippen molar-refractivity contribution >= 4 is 27.6 Å². The lowest BCUT2D eigenvalue weighted by Gasteiger charge is -2.29. The summed E-state index contributed by atoms with van der Waals surface area (Å²) in [6, 6.07) is 7.75. The van der Waals surface area contributed by atoms with E-state index in [1.807, 2.05) is 25.4 Å². The first kappa shape index (κ1) is 16.2. The van der Waals surface area contributed by atoms with Crippen LogP contribution in [0.2, 0.25) is 0 Å². The second kappa shape index (κ2) is 6.34. The number of hydrogen-bond donors (Lipinski definition) is 1. The van der Waals surface area contributed by atoms with Gasteiger partial charge in [-0.2, -0.15) is 0 Å². The summed E-state index contributed by atoms with van der Waals surface area (Å²) in [5.41, 5.74) is 5.24. The van der Waals surface area contributed by atoms with Gasteiger partial charge in [0.1, 0.15) is 17.0 Å². The van der Waals surface area contributed by atoms with E-state index in [0.717, 1.165) is 51.9 Å². The van der Waals surface area contributed by atoms with Gasteiger partial charge in [0.05, 0.1) is 0 Å². The molecule has 4 heterocycles. The highest BCUT2D eigenvalue weighted by molar-refractivity contribution is 6.00. The first-order chi connectivity index (χ1) is 13.2. The molecule has 1 N–H and O–H groups in total. The minimum atomic E-state index is -0.281. The number of fused-ring (bicyclic) bond motifs is 2. The van der Waals surface area contributed by atoms with Crippen LogP contribution < -0.4 is 4.90 Å². The van der Waals surface area contributed by atoms with E-state index in [-0.39, 0.29) is 5.82 Å². The van der Waals surface area contributed by atoms with Gasteiger partial charge < -0.3 is 9.88 Å². The van der Waals surface area contributed by atoms with Crippen LogP contribution >= 0.6 is 0 Å². The first-order valence-corrected chi connectivity index (χ1v) is 9.48. The van der Waals surface area contributed by atoms with Crippen LogP contribution in [0.5, 0.6) is 0 Å². The van der Waals surface area contributed by atoms with Crippen molar-refractivity contribution in [3.63, 3.8) is 0 Å². The molecule has 1 saturated heterocycles. The Balaban J connectivity index is 1.72. The Morgan fingerprint density at radius 2 is 1.89 bits per heavy atom. The van der Waals surface area contributed by atoms with Crippen molar-refractivity contribution in [2.45, 2.75) is 26.2 Å². The normalized spacial score (nSPS) is 15.0. The number of benzene rings is 1. The van der Waals surface area contributed by atoms with Crippen molar-refractivity contribution in [3.8, 4) is 11.1 Å². The Kier molecular flexibility index (Phi) is 3.81. The lowest BCUT2D eigenvalue weighted by atomic mass is 10.0. The molecule has 3 aromatic heterocycles. The molecule has 0 bridgehead atoms. The maximum Gasteiger partial charge on any atom is 0.150 e. The number of hydrogen-bond acceptors (Lipinski definition) is 3. The molecule has 0 spiro atoms. The summed E-state index contributed by atoms with van der Waals surface area (Å²) in [6.45, 7) is 4.05. The number of pyridine rings is 2. The van der Waals surface area contributed by atoms with Gasteiger partial charge in [-0.15, -0.1) is 0 Å². The van der Waals surface area contributed by atoms with Crippen LogP contribution in [-0.2, 0) is 0 Å². The molecule has 27 heavy (non-hydrogen) atoms. The van der Waals surface area contributed by atoms with Gasteiger partial charge in [0.2, 0.25) is 0 Å².